The lowest BCUT2D eigenvalue weighted by atomic mass is 10.3. The summed E-state index contributed by atoms with van der Waals surface area (Å²) in [5, 5.41) is 7.85. The zero-order chi connectivity index (χ0) is 19.9. The lowest BCUT2D eigenvalue weighted by Gasteiger charge is -2.08. The van der Waals surface area contributed by atoms with Gasteiger partial charge in [0.1, 0.15) is 17.9 Å². The maximum Gasteiger partial charge on any atom is 0.433 e. The van der Waals surface area contributed by atoms with Crippen LogP contribution in [0.3, 0.4) is 0 Å². The van der Waals surface area contributed by atoms with Crippen LogP contribution >= 0.6 is 0 Å². The van der Waals surface area contributed by atoms with Crippen molar-refractivity contribution in [2.24, 2.45) is 0 Å². The first-order valence-electron chi connectivity index (χ1n) is 8.19. The van der Waals surface area contributed by atoms with Gasteiger partial charge in [-0.25, -0.2) is 19.4 Å². The molecule has 1 aromatic carbocycles. The highest BCUT2D eigenvalue weighted by Crippen LogP contribution is 2.27. The van der Waals surface area contributed by atoms with E-state index in [-0.39, 0.29) is 24.6 Å². The summed E-state index contributed by atoms with van der Waals surface area (Å²) in [7, 11) is 0. The van der Waals surface area contributed by atoms with Crippen LogP contribution in [0.5, 0.6) is 0 Å². The van der Waals surface area contributed by atoms with Crippen LogP contribution in [-0.4, -0.2) is 29.5 Å². The summed E-state index contributed by atoms with van der Waals surface area (Å²) < 4.78 is 46.6. The molecule has 4 rings (SSSR count). The van der Waals surface area contributed by atoms with E-state index in [1.54, 1.807) is 24.3 Å². The van der Waals surface area contributed by atoms with Crippen LogP contribution in [-0.2, 0) is 19.3 Å². The van der Waals surface area contributed by atoms with Gasteiger partial charge in [0.2, 0.25) is 0 Å². The van der Waals surface area contributed by atoms with Crippen LogP contribution < -0.4 is 5.76 Å². The monoisotopic (exact) mass is 390 g/mol. The Balaban J connectivity index is 1.58. The van der Waals surface area contributed by atoms with Crippen LogP contribution in [0.2, 0.25) is 0 Å². The quantitative estimate of drug-likeness (QED) is 0.531. The normalized spacial score (nSPS) is 12.0. The Morgan fingerprint density at radius 2 is 1.93 bits per heavy atom. The Hall–Kier alpha value is -3.50. The number of para-hydroxylation sites is 2. The van der Waals surface area contributed by atoms with Crippen molar-refractivity contribution in [1.82, 2.24) is 29.5 Å². The summed E-state index contributed by atoms with van der Waals surface area (Å²) in [6, 6.07) is 7.83. The first kappa shape index (κ1) is 17.9. The number of aryl methyl sites for hydroxylation is 1. The van der Waals surface area contributed by atoms with E-state index in [1.807, 2.05) is 0 Å². The van der Waals surface area contributed by atoms with Crippen LogP contribution in [0.1, 0.15) is 22.9 Å². The van der Waals surface area contributed by atoms with E-state index in [0.29, 0.717) is 16.8 Å². The van der Waals surface area contributed by atoms with E-state index in [2.05, 4.69) is 20.3 Å². The minimum atomic E-state index is -4.56. The Bertz CT molecular complexity index is 1210. The second-order valence-corrected chi connectivity index (χ2v) is 6.14. The number of oxazole rings is 1. The first-order valence-corrected chi connectivity index (χ1v) is 8.19. The van der Waals surface area contributed by atoms with Crippen molar-refractivity contribution in [2.75, 3.05) is 0 Å². The number of alkyl halides is 3. The Morgan fingerprint density at radius 3 is 2.71 bits per heavy atom. The number of benzene rings is 1. The van der Waals surface area contributed by atoms with Gasteiger partial charge in [0.05, 0.1) is 18.3 Å². The van der Waals surface area contributed by atoms with Crippen molar-refractivity contribution in [3.63, 3.8) is 0 Å². The average Bonchev–Trinajstić information content (AvgIpc) is 3.18. The zero-order valence-electron chi connectivity index (χ0n) is 14.5. The minimum absolute atomic E-state index is 0.0327. The maximum absolute atomic E-state index is 12.9. The van der Waals surface area contributed by atoms with E-state index in [9.17, 15) is 18.0 Å². The third-order valence-corrected chi connectivity index (χ3v) is 3.97. The van der Waals surface area contributed by atoms with Gasteiger partial charge in [-0.2, -0.15) is 13.2 Å². The van der Waals surface area contributed by atoms with E-state index in [1.165, 1.54) is 22.4 Å². The summed E-state index contributed by atoms with van der Waals surface area (Å²) in [6.45, 7) is 1.49. The molecular weight excluding hydrogens is 377 g/mol. The highest BCUT2D eigenvalue weighted by molar-refractivity contribution is 5.72. The summed E-state index contributed by atoms with van der Waals surface area (Å²) >= 11 is 0. The molecule has 0 aliphatic rings. The van der Waals surface area contributed by atoms with Gasteiger partial charge in [-0.15, -0.1) is 5.10 Å². The summed E-state index contributed by atoms with van der Waals surface area (Å²) in [6.07, 6.45) is -3.04. The maximum atomic E-state index is 12.9. The number of aromatic nitrogens is 6. The van der Waals surface area contributed by atoms with Crippen LogP contribution in [0.15, 0.2) is 45.7 Å². The van der Waals surface area contributed by atoms with Gasteiger partial charge in [-0.1, -0.05) is 17.3 Å². The van der Waals surface area contributed by atoms with Crippen molar-refractivity contribution in [3.05, 3.63) is 70.0 Å². The molecule has 0 spiro atoms. The summed E-state index contributed by atoms with van der Waals surface area (Å²) in [5.74, 6) is -0.567. The SMILES string of the molecule is Cc1cc(C(F)(F)F)nc(Cn2cc(Cn3c(=O)oc4ccccc43)nn2)n1. The molecule has 0 atom stereocenters. The fraction of sp³-hybridized carbons (Fsp3) is 0.235. The number of hydrogen-bond acceptors (Lipinski definition) is 6. The molecule has 0 N–H and O–H groups in total. The molecule has 3 heterocycles. The fourth-order valence-electron chi connectivity index (χ4n) is 2.80. The molecule has 0 saturated heterocycles. The summed E-state index contributed by atoms with van der Waals surface area (Å²) in [5.41, 5.74) is 0.699. The van der Waals surface area contributed by atoms with E-state index < -0.39 is 17.6 Å². The van der Waals surface area contributed by atoms with Gasteiger partial charge < -0.3 is 4.42 Å². The summed E-state index contributed by atoms with van der Waals surface area (Å²) in [4.78, 5) is 19.6. The molecule has 0 unspecified atom stereocenters. The van der Waals surface area contributed by atoms with E-state index >= 15 is 0 Å². The standard InChI is InChI=1S/C17H13F3N6O2/c1-10-6-14(17(18,19)20)22-15(21-10)9-25-7-11(23-24-25)8-26-12-4-2-3-5-13(12)28-16(26)27/h2-7H,8-9H2,1H3. The molecule has 11 heteroatoms. The Kier molecular flexibility index (Phi) is 4.21. The lowest BCUT2D eigenvalue weighted by Crippen LogP contribution is -2.15. The molecule has 0 aliphatic carbocycles. The second kappa shape index (κ2) is 6.59. The molecular formula is C17H13F3N6O2. The van der Waals surface area contributed by atoms with Gasteiger partial charge in [0, 0.05) is 5.69 Å². The van der Waals surface area contributed by atoms with E-state index in [4.69, 9.17) is 4.42 Å². The minimum Gasteiger partial charge on any atom is -0.408 e. The van der Waals surface area contributed by atoms with Gasteiger partial charge in [0.15, 0.2) is 11.4 Å². The van der Waals surface area contributed by atoms with Crippen molar-refractivity contribution in [1.29, 1.82) is 0 Å². The third-order valence-electron chi connectivity index (χ3n) is 3.97. The van der Waals surface area contributed by atoms with Crippen molar-refractivity contribution in [3.8, 4) is 0 Å². The fourth-order valence-corrected chi connectivity index (χ4v) is 2.80. The molecule has 0 bridgehead atoms. The molecule has 28 heavy (non-hydrogen) atoms. The van der Waals surface area contributed by atoms with Gasteiger partial charge in [-0.3, -0.25) is 4.57 Å². The number of halogens is 3. The number of fused-ring (bicyclic) bond motifs is 1. The molecule has 0 saturated carbocycles. The number of rotatable bonds is 4. The molecule has 0 radical (unpaired) electrons. The molecule has 0 fully saturated rings. The zero-order valence-corrected chi connectivity index (χ0v) is 14.5. The van der Waals surface area contributed by atoms with Gasteiger partial charge >= 0.3 is 11.9 Å². The predicted octanol–water partition coefficient (Wildman–Crippen LogP) is 2.40. The Labute approximate surface area is 155 Å². The van der Waals surface area contributed by atoms with E-state index in [0.717, 1.165) is 6.07 Å². The number of nitrogens with zero attached hydrogens (tertiary/aromatic N) is 6. The van der Waals surface area contributed by atoms with Gasteiger partial charge in [-0.05, 0) is 25.1 Å². The predicted molar refractivity (Wildman–Crippen MR) is 90.5 cm³/mol. The second-order valence-electron chi connectivity index (χ2n) is 6.14. The Morgan fingerprint density at radius 1 is 1.14 bits per heavy atom. The number of hydrogen-bond donors (Lipinski definition) is 0. The van der Waals surface area contributed by atoms with Crippen LogP contribution in [0, 0.1) is 6.92 Å². The molecule has 8 nitrogen and oxygen atoms in total. The third kappa shape index (κ3) is 3.50. The van der Waals surface area contributed by atoms with Crippen molar-refractivity contribution >= 4 is 11.1 Å². The lowest BCUT2D eigenvalue weighted by molar-refractivity contribution is -0.141. The van der Waals surface area contributed by atoms with Crippen LogP contribution in [0.4, 0.5) is 13.2 Å². The topological polar surface area (TPSA) is 91.6 Å². The van der Waals surface area contributed by atoms with Crippen molar-refractivity contribution in [2.45, 2.75) is 26.2 Å². The molecule has 3 aromatic heterocycles. The molecule has 0 aliphatic heterocycles. The molecule has 0 amide bonds. The molecule has 144 valence electrons. The van der Waals surface area contributed by atoms with Crippen LogP contribution in [0.25, 0.3) is 11.1 Å². The average molecular weight is 390 g/mol. The molecule has 4 aromatic rings. The highest BCUT2D eigenvalue weighted by atomic mass is 19.4. The first-order chi connectivity index (χ1) is 13.3. The smallest absolute Gasteiger partial charge is 0.408 e. The van der Waals surface area contributed by atoms with Crippen molar-refractivity contribution < 1.29 is 17.6 Å². The highest BCUT2D eigenvalue weighted by Gasteiger charge is 2.33. The largest absolute Gasteiger partial charge is 0.433 e. The van der Waals surface area contributed by atoms with Gasteiger partial charge in [0.25, 0.3) is 0 Å².